The van der Waals surface area contributed by atoms with E-state index in [9.17, 15) is 0 Å². The summed E-state index contributed by atoms with van der Waals surface area (Å²) in [7, 11) is 0. The van der Waals surface area contributed by atoms with Crippen LogP contribution in [0.1, 0.15) is 51.4 Å². The van der Waals surface area contributed by atoms with E-state index >= 15 is 0 Å². The van der Waals surface area contributed by atoms with Crippen LogP contribution in [-0.2, 0) is 11.8 Å². The van der Waals surface area contributed by atoms with Crippen LogP contribution in [0.2, 0.25) is 0 Å². The summed E-state index contributed by atoms with van der Waals surface area (Å²) < 4.78 is 0. The van der Waals surface area contributed by atoms with Gasteiger partial charge in [0.1, 0.15) is 0 Å². The second kappa shape index (κ2) is 18.0. The van der Waals surface area contributed by atoms with Crippen LogP contribution in [0, 0.1) is 27.7 Å². The molecule has 0 fully saturated rings. The predicted molar refractivity (Wildman–Crippen MR) is 250 cm³/mol. The van der Waals surface area contributed by atoms with Crippen LogP contribution >= 0.6 is 0 Å². The van der Waals surface area contributed by atoms with Gasteiger partial charge in [-0.15, -0.1) is 0 Å². The van der Waals surface area contributed by atoms with E-state index in [1.54, 1.807) is 6.08 Å². The van der Waals surface area contributed by atoms with Crippen molar-refractivity contribution >= 4 is 28.5 Å². The van der Waals surface area contributed by atoms with Gasteiger partial charge in [0.05, 0.1) is 16.8 Å². The number of hydrogen-bond acceptors (Lipinski definition) is 2. The second-order valence-electron chi connectivity index (χ2n) is 15.2. The standard InChI is InChI=1S/C42H36N2.C14H16/c1-29-15-11-13-21-36(29)37-27-34(24-23-30(37)2)44(40-22-14-12-16-31(40)3)35-25-26-38-39(28-35)43-41(32-17-7-5-8-18-32)42(38,4)33-19-9-6-10-20-33;1-3-4-5-6-7-10-14-11-8-9-13(2)12-14/h5-28H,1-4H3;3-9,11-12H,1,10H2,2H3/b;5-4-,7-6-. The van der Waals surface area contributed by atoms with E-state index in [1.165, 1.54) is 50.1 Å². The highest BCUT2D eigenvalue weighted by atomic mass is 15.1. The van der Waals surface area contributed by atoms with Crippen LogP contribution in [0.5, 0.6) is 0 Å². The number of aliphatic imine (C=N–C) groups is 1. The molecule has 2 nitrogen and oxygen atoms in total. The first-order valence-electron chi connectivity index (χ1n) is 20.1. The molecule has 0 radical (unpaired) electrons. The Morgan fingerprint density at radius 3 is 1.95 bits per heavy atom. The fourth-order valence-corrected chi connectivity index (χ4v) is 7.97. The molecule has 0 aromatic heterocycles. The summed E-state index contributed by atoms with van der Waals surface area (Å²) in [5.74, 6) is 0. The number of hydrogen-bond donors (Lipinski definition) is 0. The van der Waals surface area contributed by atoms with Gasteiger partial charge in [0.2, 0.25) is 0 Å². The van der Waals surface area contributed by atoms with E-state index < -0.39 is 0 Å². The summed E-state index contributed by atoms with van der Waals surface area (Å²) >= 11 is 0. The number of benzene rings is 7. The lowest BCUT2D eigenvalue weighted by Crippen LogP contribution is -2.31. The highest BCUT2D eigenvalue weighted by Gasteiger charge is 2.41. The average Bonchev–Trinajstić information content (AvgIpc) is 3.55. The maximum Gasteiger partial charge on any atom is 0.0699 e. The molecule has 0 spiro atoms. The van der Waals surface area contributed by atoms with E-state index in [0.29, 0.717) is 0 Å². The molecule has 0 saturated heterocycles. The molecule has 2 heteroatoms. The highest BCUT2D eigenvalue weighted by Crippen LogP contribution is 2.49. The zero-order valence-electron chi connectivity index (χ0n) is 34.4. The first kappa shape index (κ1) is 39.5. The lowest BCUT2D eigenvalue weighted by molar-refractivity contribution is 0.794. The van der Waals surface area contributed by atoms with Gasteiger partial charge in [-0.05, 0) is 121 Å². The molecule has 7 aromatic rings. The smallest absolute Gasteiger partial charge is 0.0699 e. The average molecular weight is 753 g/mol. The van der Waals surface area contributed by atoms with Gasteiger partial charge in [-0.1, -0.05) is 182 Å². The van der Waals surface area contributed by atoms with E-state index in [1.807, 2.05) is 18.2 Å². The fraction of sp³-hybridized carbons (Fsp3) is 0.125. The Labute approximate surface area is 345 Å². The molecule has 1 aliphatic heterocycles. The van der Waals surface area contributed by atoms with Gasteiger partial charge < -0.3 is 4.90 Å². The highest BCUT2D eigenvalue weighted by molar-refractivity contribution is 6.15. The zero-order valence-corrected chi connectivity index (χ0v) is 34.4. The maximum atomic E-state index is 5.39. The first-order valence-corrected chi connectivity index (χ1v) is 20.1. The molecule has 0 N–H and O–H groups in total. The van der Waals surface area contributed by atoms with Gasteiger partial charge in [0.25, 0.3) is 0 Å². The molecule has 0 amide bonds. The van der Waals surface area contributed by atoms with Gasteiger partial charge in [0, 0.05) is 17.1 Å². The predicted octanol–water partition coefficient (Wildman–Crippen LogP) is 15.0. The zero-order chi connectivity index (χ0) is 40.5. The largest absolute Gasteiger partial charge is 0.310 e. The van der Waals surface area contributed by atoms with Crippen LogP contribution in [-0.4, -0.2) is 5.71 Å². The summed E-state index contributed by atoms with van der Waals surface area (Å²) in [4.78, 5) is 7.77. The number of fused-ring (bicyclic) bond motifs is 1. The van der Waals surface area contributed by atoms with Gasteiger partial charge in [-0.2, -0.15) is 0 Å². The Morgan fingerprint density at radius 1 is 0.569 bits per heavy atom. The Balaban J connectivity index is 0.000000311. The number of aryl methyl sites for hydroxylation is 4. The topological polar surface area (TPSA) is 15.6 Å². The summed E-state index contributed by atoms with van der Waals surface area (Å²) in [6.45, 7) is 14.6. The van der Waals surface area contributed by atoms with Crippen molar-refractivity contribution in [3.63, 3.8) is 0 Å². The molecule has 8 rings (SSSR count). The van der Waals surface area contributed by atoms with E-state index in [-0.39, 0.29) is 5.41 Å². The van der Waals surface area contributed by atoms with Crippen LogP contribution < -0.4 is 4.90 Å². The fourth-order valence-electron chi connectivity index (χ4n) is 7.97. The SMILES string of the molecule is C=C/C=C\C=C/Cc1cccc(C)c1.Cc1ccccc1-c1cc(N(c2ccc3c(c2)N=C(c2ccccc2)C3(C)c2ccccc2)c2ccccc2C)ccc1C. The molecule has 1 heterocycles. The molecule has 0 bridgehead atoms. The molecule has 7 aromatic carbocycles. The van der Waals surface area contributed by atoms with Crippen molar-refractivity contribution in [1.82, 2.24) is 0 Å². The minimum absolute atomic E-state index is 0.369. The van der Waals surface area contributed by atoms with Crippen molar-refractivity contribution in [1.29, 1.82) is 0 Å². The number of allylic oxidation sites excluding steroid dienone is 5. The normalized spacial score (nSPS) is 14.5. The molecule has 58 heavy (non-hydrogen) atoms. The van der Waals surface area contributed by atoms with Crippen molar-refractivity contribution in [3.05, 3.63) is 251 Å². The van der Waals surface area contributed by atoms with Crippen LogP contribution in [0.3, 0.4) is 0 Å². The maximum absolute atomic E-state index is 5.39. The van der Waals surface area contributed by atoms with Crippen molar-refractivity contribution in [2.24, 2.45) is 4.99 Å². The minimum atomic E-state index is -0.369. The van der Waals surface area contributed by atoms with Crippen LogP contribution in [0.4, 0.5) is 22.7 Å². The molecular formula is C56H52N2. The van der Waals surface area contributed by atoms with Crippen LogP contribution in [0.25, 0.3) is 11.1 Å². The third-order valence-electron chi connectivity index (χ3n) is 11.1. The lowest BCUT2D eigenvalue weighted by Gasteiger charge is -2.30. The van der Waals surface area contributed by atoms with Gasteiger partial charge in [0.15, 0.2) is 0 Å². The van der Waals surface area contributed by atoms with Crippen LogP contribution in [0.15, 0.2) is 212 Å². The molecule has 1 atom stereocenters. The van der Waals surface area contributed by atoms with E-state index in [0.717, 1.165) is 40.4 Å². The van der Waals surface area contributed by atoms with Crippen molar-refractivity contribution in [2.45, 2.75) is 46.5 Å². The Kier molecular flexibility index (Phi) is 12.3. The number of rotatable bonds is 10. The van der Waals surface area contributed by atoms with Crippen molar-refractivity contribution in [2.75, 3.05) is 4.90 Å². The molecular weight excluding hydrogens is 701 g/mol. The van der Waals surface area contributed by atoms with E-state index in [4.69, 9.17) is 4.99 Å². The molecule has 1 aliphatic rings. The number of anilines is 3. The Hall–Kier alpha value is -6.77. The Morgan fingerprint density at radius 2 is 1.22 bits per heavy atom. The summed E-state index contributed by atoms with van der Waals surface area (Å²) in [6, 6.07) is 60.9. The molecule has 0 aliphatic carbocycles. The monoisotopic (exact) mass is 752 g/mol. The first-order chi connectivity index (χ1) is 28.3. The van der Waals surface area contributed by atoms with Crippen molar-refractivity contribution < 1.29 is 0 Å². The van der Waals surface area contributed by atoms with Gasteiger partial charge in [-0.3, -0.25) is 4.99 Å². The third kappa shape index (κ3) is 8.48. The Bertz CT molecular complexity index is 2610. The minimum Gasteiger partial charge on any atom is -0.310 e. The van der Waals surface area contributed by atoms with Gasteiger partial charge >= 0.3 is 0 Å². The number of nitrogens with zero attached hydrogens (tertiary/aromatic N) is 2. The van der Waals surface area contributed by atoms with Gasteiger partial charge in [-0.25, -0.2) is 0 Å². The number of para-hydroxylation sites is 1. The molecule has 286 valence electrons. The van der Waals surface area contributed by atoms with Crippen molar-refractivity contribution in [3.8, 4) is 11.1 Å². The summed E-state index contributed by atoms with van der Waals surface area (Å²) in [5.41, 5.74) is 17.6. The summed E-state index contributed by atoms with van der Waals surface area (Å²) in [6.07, 6.45) is 10.9. The quantitative estimate of drug-likeness (QED) is 0.127. The second-order valence-corrected chi connectivity index (χ2v) is 15.2. The van der Waals surface area contributed by atoms with E-state index in [2.05, 4.69) is 222 Å². The summed E-state index contributed by atoms with van der Waals surface area (Å²) in [5, 5.41) is 0. The third-order valence-corrected chi connectivity index (χ3v) is 11.1. The lowest BCUT2D eigenvalue weighted by atomic mass is 9.72. The molecule has 1 unspecified atom stereocenters. The molecule has 0 saturated carbocycles.